The summed E-state index contributed by atoms with van der Waals surface area (Å²) >= 11 is 16.1. The Morgan fingerprint density at radius 3 is 2.45 bits per heavy atom. The van der Waals surface area contributed by atoms with Gasteiger partial charge in [0.15, 0.2) is 0 Å². The van der Waals surface area contributed by atoms with Crippen molar-refractivity contribution in [2.24, 2.45) is 0 Å². The number of unbranched alkanes of at least 4 members (excludes halogenated alkanes) is 3. The molecule has 0 aliphatic carbocycles. The molecule has 0 aliphatic rings. The molecule has 0 bridgehead atoms. The van der Waals surface area contributed by atoms with Crippen molar-refractivity contribution in [3.8, 4) is 16.9 Å². The van der Waals surface area contributed by atoms with Gasteiger partial charge in [0.25, 0.3) is 0 Å². The van der Waals surface area contributed by atoms with Crippen LogP contribution in [-0.2, 0) is 0 Å². The molecule has 0 saturated carbocycles. The lowest BCUT2D eigenvalue weighted by atomic mass is 10.0. The number of nitrogens with zero attached hydrogens (tertiary/aromatic N) is 2. The second kappa shape index (κ2) is 10.1. The van der Waals surface area contributed by atoms with Gasteiger partial charge in [0.2, 0.25) is 0 Å². The van der Waals surface area contributed by atoms with Crippen LogP contribution in [0.15, 0.2) is 46.9 Å². The van der Waals surface area contributed by atoms with Gasteiger partial charge in [0.05, 0.1) is 28.2 Å². The Labute approximate surface area is 190 Å². The molecule has 29 heavy (non-hydrogen) atoms. The van der Waals surface area contributed by atoms with Gasteiger partial charge in [-0.05, 0) is 43.7 Å². The van der Waals surface area contributed by atoms with Gasteiger partial charge in [-0.1, -0.05) is 83.9 Å². The Balaban J connectivity index is 2.07. The lowest BCUT2D eigenvalue weighted by molar-refractivity contribution is 0.157. The van der Waals surface area contributed by atoms with Gasteiger partial charge in [-0.3, -0.25) is 0 Å². The van der Waals surface area contributed by atoms with Gasteiger partial charge < -0.3 is 5.11 Å². The summed E-state index contributed by atoms with van der Waals surface area (Å²) in [5.41, 5.74) is 4.33. The number of aliphatic hydroxyl groups excluding tert-OH is 1. The van der Waals surface area contributed by atoms with E-state index in [1.165, 1.54) is 12.8 Å². The van der Waals surface area contributed by atoms with Crippen molar-refractivity contribution in [1.29, 1.82) is 0 Å². The van der Waals surface area contributed by atoms with Crippen LogP contribution in [0.25, 0.3) is 16.9 Å². The standard InChI is InChI=1S/C23H25BrCl2N2O/c1-3-4-5-6-7-21(29)22-15(2)23(16-8-10-17(24)11-9-16)28(27-22)20-13-12-18(25)14-19(20)26/h8-14,21,29H,3-7H2,1-2H3. The summed E-state index contributed by atoms with van der Waals surface area (Å²) < 4.78 is 2.83. The van der Waals surface area contributed by atoms with Crippen LogP contribution in [0.5, 0.6) is 0 Å². The molecule has 1 N–H and O–H groups in total. The number of halogens is 3. The third-order valence-electron chi connectivity index (χ3n) is 5.06. The van der Waals surface area contributed by atoms with Crippen LogP contribution < -0.4 is 0 Å². The number of benzene rings is 2. The summed E-state index contributed by atoms with van der Waals surface area (Å²) in [5.74, 6) is 0. The Kier molecular flexibility index (Phi) is 7.80. The van der Waals surface area contributed by atoms with Gasteiger partial charge in [-0.2, -0.15) is 5.10 Å². The number of rotatable bonds is 8. The molecule has 0 spiro atoms. The first kappa shape index (κ1) is 22.4. The van der Waals surface area contributed by atoms with Crippen LogP contribution in [0.1, 0.15) is 56.4 Å². The fourth-order valence-electron chi connectivity index (χ4n) is 3.50. The minimum Gasteiger partial charge on any atom is -0.387 e. The SMILES string of the molecule is CCCCCCC(O)c1nn(-c2ccc(Cl)cc2Cl)c(-c2ccc(Br)cc2)c1C. The van der Waals surface area contributed by atoms with Gasteiger partial charge in [0, 0.05) is 20.6 Å². The van der Waals surface area contributed by atoms with Crippen LogP contribution in [0.3, 0.4) is 0 Å². The van der Waals surface area contributed by atoms with E-state index in [1.54, 1.807) is 12.1 Å². The summed E-state index contributed by atoms with van der Waals surface area (Å²) in [6.07, 6.45) is 4.56. The van der Waals surface area contributed by atoms with Crippen LogP contribution in [0.4, 0.5) is 0 Å². The molecule has 1 atom stereocenters. The van der Waals surface area contributed by atoms with E-state index in [1.807, 2.05) is 41.9 Å². The van der Waals surface area contributed by atoms with Crippen molar-refractivity contribution in [2.45, 2.75) is 52.1 Å². The molecule has 3 nitrogen and oxygen atoms in total. The van der Waals surface area contributed by atoms with Crippen LogP contribution in [-0.4, -0.2) is 14.9 Å². The number of hydrogen-bond donors (Lipinski definition) is 1. The molecule has 6 heteroatoms. The van der Waals surface area contributed by atoms with Crippen molar-refractivity contribution in [2.75, 3.05) is 0 Å². The Bertz CT molecular complexity index is 970. The van der Waals surface area contributed by atoms with E-state index in [-0.39, 0.29) is 0 Å². The van der Waals surface area contributed by atoms with E-state index in [0.717, 1.165) is 39.8 Å². The molecule has 3 aromatic rings. The normalized spacial score (nSPS) is 12.3. The van der Waals surface area contributed by atoms with Gasteiger partial charge in [-0.25, -0.2) is 4.68 Å². The highest BCUT2D eigenvalue weighted by atomic mass is 79.9. The highest BCUT2D eigenvalue weighted by molar-refractivity contribution is 9.10. The maximum atomic E-state index is 10.9. The lowest BCUT2D eigenvalue weighted by Crippen LogP contribution is -2.03. The predicted octanol–water partition coefficient (Wildman–Crippen LogP) is 7.92. The van der Waals surface area contributed by atoms with Crippen molar-refractivity contribution in [3.05, 3.63) is 68.2 Å². The maximum absolute atomic E-state index is 10.9. The molecule has 0 fully saturated rings. The highest BCUT2D eigenvalue weighted by Gasteiger charge is 2.23. The summed E-state index contributed by atoms with van der Waals surface area (Å²) in [6.45, 7) is 4.19. The first-order chi connectivity index (χ1) is 13.9. The largest absolute Gasteiger partial charge is 0.387 e. The van der Waals surface area contributed by atoms with Crippen LogP contribution in [0, 0.1) is 6.92 Å². The summed E-state index contributed by atoms with van der Waals surface area (Å²) in [6, 6.07) is 13.4. The summed E-state index contributed by atoms with van der Waals surface area (Å²) in [5, 5.41) is 16.7. The molecular weight excluding hydrogens is 471 g/mol. The fourth-order valence-corrected chi connectivity index (χ4v) is 4.26. The topological polar surface area (TPSA) is 38.1 Å². The zero-order valence-corrected chi connectivity index (χ0v) is 19.7. The third kappa shape index (κ3) is 5.24. The van der Waals surface area contributed by atoms with E-state index in [9.17, 15) is 5.11 Å². The monoisotopic (exact) mass is 494 g/mol. The Morgan fingerprint density at radius 2 is 1.79 bits per heavy atom. The number of aliphatic hydroxyl groups is 1. The quantitative estimate of drug-likeness (QED) is 0.322. The van der Waals surface area contributed by atoms with E-state index in [2.05, 4.69) is 22.9 Å². The average molecular weight is 496 g/mol. The fraction of sp³-hybridized carbons (Fsp3) is 0.348. The molecule has 154 valence electrons. The molecule has 1 heterocycles. The first-order valence-electron chi connectivity index (χ1n) is 9.91. The van der Waals surface area contributed by atoms with E-state index < -0.39 is 6.10 Å². The molecule has 0 aliphatic heterocycles. The van der Waals surface area contributed by atoms with Crippen LogP contribution in [0.2, 0.25) is 10.0 Å². The summed E-state index contributed by atoms with van der Waals surface area (Å²) in [7, 11) is 0. The molecule has 1 aromatic heterocycles. The maximum Gasteiger partial charge on any atom is 0.0981 e. The van der Waals surface area contributed by atoms with E-state index in [0.29, 0.717) is 22.2 Å². The van der Waals surface area contributed by atoms with Crippen molar-refractivity contribution in [3.63, 3.8) is 0 Å². The Hall–Kier alpha value is -1.33. The molecule has 1 unspecified atom stereocenters. The van der Waals surface area contributed by atoms with Crippen molar-refractivity contribution in [1.82, 2.24) is 9.78 Å². The second-order valence-corrected chi connectivity index (χ2v) is 9.00. The predicted molar refractivity (Wildman–Crippen MR) is 125 cm³/mol. The molecule has 0 amide bonds. The van der Waals surface area contributed by atoms with Gasteiger partial charge in [0.1, 0.15) is 0 Å². The van der Waals surface area contributed by atoms with E-state index >= 15 is 0 Å². The minimum atomic E-state index is -0.603. The molecule has 0 radical (unpaired) electrons. The average Bonchev–Trinajstić information content (AvgIpc) is 3.03. The smallest absolute Gasteiger partial charge is 0.0981 e. The van der Waals surface area contributed by atoms with E-state index in [4.69, 9.17) is 28.3 Å². The zero-order valence-electron chi connectivity index (χ0n) is 16.6. The third-order valence-corrected chi connectivity index (χ3v) is 6.13. The number of hydrogen-bond acceptors (Lipinski definition) is 2. The molecular formula is C23H25BrCl2N2O. The Morgan fingerprint density at radius 1 is 1.07 bits per heavy atom. The minimum absolute atomic E-state index is 0.516. The molecule has 2 aromatic carbocycles. The molecule has 0 saturated heterocycles. The first-order valence-corrected chi connectivity index (χ1v) is 11.5. The van der Waals surface area contributed by atoms with Crippen LogP contribution >= 0.6 is 39.1 Å². The number of aromatic nitrogens is 2. The van der Waals surface area contributed by atoms with Gasteiger partial charge >= 0.3 is 0 Å². The lowest BCUT2D eigenvalue weighted by Gasteiger charge is -2.11. The summed E-state index contributed by atoms with van der Waals surface area (Å²) in [4.78, 5) is 0. The van der Waals surface area contributed by atoms with Crippen molar-refractivity contribution >= 4 is 39.1 Å². The second-order valence-electron chi connectivity index (χ2n) is 7.24. The zero-order chi connectivity index (χ0) is 21.0. The van der Waals surface area contributed by atoms with Gasteiger partial charge in [-0.15, -0.1) is 0 Å². The van der Waals surface area contributed by atoms with Crippen molar-refractivity contribution < 1.29 is 5.11 Å². The molecule has 3 rings (SSSR count). The highest BCUT2D eigenvalue weighted by Crippen LogP contribution is 2.35.